The maximum atomic E-state index is 12.8. The Morgan fingerprint density at radius 2 is 1.68 bits per heavy atom. The lowest BCUT2D eigenvalue weighted by molar-refractivity contribution is -0.117. The third kappa shape index (κ3) is 4.64. The molecule has 1 N–H and O–H groups in total. The summed E-state index contributed by atoms with van der Waals surface area (Å²) in [6.45, 7) is 4.96. The Morgan fingerprint density at radius 3 is 2.48 bits per heavy atom. The van der Waals surface area contributed by atoms with Gasteiger partial charge in [-0.2, -0.15) is 0 Å². The third-order valence-corrected chi connectivity index (χ3v) is 6.49. The lowest BCUT2D eigenvalue weighted by Crippen LogP contribution is -2.33. The third-order valence-electron chi connectivity index (χ3n) is 6.49. The van der Waals surface area contributed by atoms with Gasteiger partial charge in [0.2, 0.25) is 5.91 Å². The van der Waals surface area contributed by atoms with E-state index in [0.29, 0.717) is 19.8 Å². The maximum Gasteiger partial charge on any atom is 0.238 e. The first-order valence-electron chi connectivity index (χ1n) is 11.5. The molecule has 3 aliphatic rings. The van der Waals surface area contributed by atoms with Gasteiger partial charge in [-0.15, -0.1) is 0 Å². The van der Waals surface area contributed by atoms with Crippen molar-refractivity contribution in [3.05, 3.63) is 48.0 Å². The molecule has 1 amide bonds. The molecule has 31 heavy (non-hydrogen) atoms. The van der Waals surface area contributed by atoms with Crippen LogP contribution in [0.2, 0.25) is 0 Å². The summed E-state index contributed by atoms with van der Waals surface area (Å²) < 4.78 is 11.6. The Morgan fingerprint density at radius 1 is 0.903 bits per heavy atom. The number of carbonyl (C=O) groups excluding carboxylic acids is 1. The first kappa shape index (κ1) is 20.2. The van der Waals surface area contributed by atoms with Gasteiger partial charge in [0.15, 0.2) is 11.5 Å². The summed E-state index contributed by atoms with van der Waals surface area (Å²) in [4.78, 5) is 17.4. The van der Waals surface area contributed by atoms with Crippen molar-refractivity contribution < 1.29 is 14.3 Å². The number of ether oxygens (including phenoxy) is 2. The molecule has 3 heterocycles. The van der Waals surface area contributed by atoms with Gasteiger partial charge in [-0.3, -0.25) is 9.69 Å². The van der Waals surface area contributed by atoms with E-state index in [9.17, 15) is 4.79 Å². The second-order valence-electron chi connectivity index (χ2n) is 8.67. The van der Waals surface area contributed by atoms with Gasteiger partial charge in [-0.05, 0) is 74.2 Å². The van der Waals surface area contributed by atoms with Crippen LogP contribution in [0.4, 0.5) is 11.4 Å². The minimum Gasteiger partial charge on any atom is -0.490 e. The van der Waals surface area contributed by atoms with Crippen LogP contribution in [0.15, 0.2) is 42.5 Å². The van der Waals surface area contributed by atoms with Crippen LogP contribution < -0.4 is 19.7 Å². The minimum atomic E-state index is 0.0372. The molecule has 2 aromatic carbocycles. The zero-order chi connectivity index (χ0) is 21.0. The molecule has 0 bridgehead atoms. The number of nitrogens with zero attached hydrogens (tertiary/aromatic N) is 2. The SMILES string of the molecule is O=C(CN1CCCC1c1ccc2c(c1)OCCCO2)Nc1ccc(N2CCCC2)cc1. The maximum absolute atomic E-state index is 12.8. The molecule has 6 heteroatoms. The fraction of sp³-hybridized carbons (Fsp3) is 0.480. The van der Waals surface area contributed by atoms with E-state index < -0.39 is 0 Å². The van der Waals surface area contributed by atoms with Crippen LogP contribution in [-0.2, 0) is 4.79 Å². The van der Waals surface area contributed by atoms with Crippen LogP contribution in [0.1, 0.15) is 43.7 Å². The van der Waals surface area contributed by atoms with Gasteiger partial charge in [0.1, 0.15) is 0 Å². The van der Waals surface area contributed by atoms with Crippen LogP contribution >= 0.6 is 0 Å². The second-order valence-corrected chi connectivity index (χ2v) is 8.67. The van der Waals surface area contributed by atoms with Crippen molar-refractivity contribution in [2.75, 3.05) is 49.6 Å². The summed E-state index contributed by atoms with van der Waals surface area (Å²) in [5, 5.41) is 3.07. The molecule has 1 unspecified atom stereocenters. The van der Waals surface area contributed by atoms with Gasteiger partial charge in [0.25, 0.3) is 0 Å². The van der Waals surface area contributed by atoms with Crippen LogP contribution in [0.5, 0.6) is 11.5 Å². The first-order chi connectivity index (χ1) is 15.3. The molecule has 2 aromatic rings. The molecule has 0 radical (unpaired) electrons. The molecule has 0 aromatic heterocycles. The van der Waals surface area contributed by atoms with Gasteiger partial charge in [-0.1, -0.05) is 6.07 Å². The molecule has 3 aliphatic heterocycles. The highest BCUT2D eigenvalue weighted by Gasteiger charge is 2.28. The molecule has 2 saturated heterocycles. The number of nitrogens with one attached hydrogen (secondary N) is 1. The second kappa shape index (κ2) is 9.18. The average molecular weight is 422 g/mol. The highest BCUT2D eigenvalue weighted by Crippen LogP contribution is 2.37. The van der Waals surface area contributed by atoms with Crippen molar-refractivity contribution in [3.8, 4) is 11.5 Å². The lowest BCUT2D eigenvalue weighted by Gasteiger charge is -2.25. The Bertz CT molecular complexity index is 909. The summed E-state index contributed by atoms with van der Waals surface area (Å²) in [5.74, 6) is 1.68. The number of fused-ring (bicyclic) bond motifs is 1. The molecule has 6 nitrogen and oxygen atoms in total. The number of anilines is 2. The van der Waals surface area contributed by atoms with Crippen molar-refractivity contribution in [2.45, 2.75) is 38.1 Å². The Labute approximate surface area is 184 Å². The standard InChI is InChI=1S/C25H31N3O3/c29-25(26-20-7-9-21(10-8-20)27-12-1-2-13-27)18-28-14-3-5-22(28)19-6-11-23-24(17-19)31-16-4-15-30-23/h6-11,17,22H,1-5,12-16,18H2,(H,26,29). The largest absolute Gasteiger partial charge is 0.490 e. The molecule has 2 fully saturated rings. The van der Waals surface area contributed by atoms with E-state index in [1.54, 1.807) is 0 Å². The first-order valence-corrected chi connectivity index (χ1v) is 11.5. The number of hydrogen-bond acceptors (Lipinski definition) is 5. The van der Waals surface area contributed by atoms with Gasteiger partial charge in [0.05, 0.1) is 19.8 Å². The molecule has 164 valence electrons. The normalized spacial score (nSPS) is 21.2. The predicted molar refractivity (Wildman–Crippen MR) is 122 cm³/mol. The molecule has 0 aliphatic carbocycles. The van der Waals surface area contributed by atoms with E-state index >= 15 is 0 Å². The minimum absolute atomic E-state index is 0.0372. The molecule has 5 rings (SSSR count). The number of hydrogen-bond donors (Lipinski definition) is 1. The Balaban J connectivity index is 1.21. The monoisotopic (exact) mass is 421 g/mol. The van der Waals surface area contributed by atoms with Crippen molar-refractivity contribution in [1.29, 1.82) is 0 Å². The number of likely N-dealkylation sites (tertiary alicyclic amines) is 1. The number of amides is 1. The Kier molecular flexibility index (Phi) is 5.98. The Hall–Kier alpha value is -2.73. The van der Waals surface area contributed by atoms with Crippen molar-refractivity contribution in [2.24, 2.45) is 0 Å². The molecule has 0 spiro atoms. The summed E-state index contributed by atoms with van der Waals surface area (Å²) >= 11 is 0. The quantitative estimate of drug-likeness (QED) is 0.783. The fourth-order valence-corrected chi connectivity index (χ4v) is 4.90. The van der Waals surface area contributed by atoms with Crippen molar-refractivity contribution in [3.63, 3.8) is 0 Å². The molecular formula is C25H31N3O3. The van der Waals surface area contributed by atoms with E-state index in [0.717, 1.165) is 56.1 Å². The zero-order valence-corrected chi connectivity index (χ0v) is 18.0. The highest BCUT2D eigenvalue weighted by atomic mass is 16.5. The smallest absolute Gasteiger partial charge is 0.238 e. The van der Waals surface area contributed by atoms with E-state index in [1.807, 2.05) is 18.2 Å². The van der Waals surface area contributed by atoms with Crippen molar-refractivity contribution in [1.82, 2.24) is 4.90 Å². The number of benzene rings is 2. The van der Waals surface area contributed by atoms with Crippen LogP contribution in [0, 0.1) is 0 Å². The number of rotatable bonds is 5. The van der Waals surface area contributed by atoms with Gasteiger partial charge in [0, 0.05) is 36.9 Å². The van der Waals surface area contributed by atoms with Crippen LogP contribution in [0.25, 0.3) is 0 Å². The molecule has 1 atom stereocenters. The lowest BCUT2D eigenvalue weighted by atomic mass is 10.0. The predicted octanol–water partition coefficient (Wildman–Crippen LogP) is 4.22. The highest BCUT2D eigenvalue weighted by molar-refractivity contribution is 5.92. The average Bonchev–Trinajstić information content (AvgIpc) is 3.42. The van der Waals surface area contributed by atoms with Gasteiger partial charge >= 0.3 is 0 Å². The summed E-state index contributed by atoms with van der Waals surface area (Å²) in [5.41, 5.74) is 3.30. The van der Waals surface area contributed by atoms with Crippen molar-refractivity contribution >= 4 is 17.3 Å². The molecular weight excluding hydrogens is 390 g/mol. The van der Waals surface area contributed by atoms with E-state index in [-0.39, 0.29) is 11.9 Å². The van der Waals surface area contributed by atoms with Gasteiger partial charge in [-0.25, -0.2) is 0 Å². The topological polar surface area (TPSA) is 54.0 Å². The van der Waals surface area contributed by atoms with E-state index in [4.69, 9.17) is 9.47 Å². The van der Waals surface area contributed by atoms with Crippen LogP contribution in [-0.4, -0.2) is 50.2 Å². The summed E-state index contributed by atoms with van der Waals surface area (Å²) in [6.07, 6.45) is 5.57. The molecule has 0 saturated carbocycles. The van der Waals surface area contributed by atoms with E-state index in [1.165, 1.54) is 24.1 Å². The van der Waals surface area contributed by atoms with Gasteiger partial charge < -0.3 is 19.7 Å². The summed E-state index contributed by atoms with van der Waals surface area (Å²) in [7, 11) is 0. The van der Waals surface area contributed by atoms with Crippen LogP contribution in [0.3, 0.4) is 0 Å². The summed E-state index contributed by atoms with van der Waals surface area (Å²) in [6, 6.07) is 14.7. The number of carbonyl (C=O) groups is 1. The fourth-order valence-electron chi connectivity index (χ4n) is 4.90. The zero-order valence-electron chi connectivity index (χ0n) is 18.0. The van der Waals surface area contributed by atoms with E-state index in [2.05, 4.69) is 39.4 Å².